The van der Waals surface area contributed by atoms with E-state index in [2.05, 4.69) is 10.6 Å². The fourth-order valence-corrected chi connectivity index (χ4v) is 1.22. The summed E-state index contributed by atoms with van der Waals surface area (Å²) in [5.74, 6) is -1.60. The lowest BCUT2D eigenvalue weighted by Gasteiger charge is -2.13. The molecule has 104 valence electrons. The number of carbonyl (C=O) groups is 3. The number of rotatable bonds is 9. The number of primary amides is 1. The number of unbranched alkanes of at least 4 members (excludes halogenated alkanes) is 1. The number of aliphatic hydroxyl groups is 1. The van der Waals surface area contributed by atoms with E-state index >= 15 is 0 Å². The largest absolute Gasteiger partial charge is 0.480 e. The summed E-state index contributed by atoms with van der Waals surface area (Å²) in [6.07, 6.45) is 1.35. The number of aliphatic hydroxyl groups excluding tert-OH is 1. The van der Waals surface area contributed by atoms with Gasteiger partial charge in [-0.15, -0.1) is 0 Å². The Hall–Kier alpha value is -1.83. The van der Waals surface area contributed by atoms with E-state index in [9.17, 15) is 14.4 Å². The number of carboxylic acid groups (broad SMARTS) is 1. The molecule has 0 rings (SSSR count). The number of aliphatic carboxylic acids is 1. The van der Waals surface area contributed by atoms with Crippen molar-refractivity contribution in [2.75, 3.05) is 13.2 Å². The molecule has 0 aromatic rings. The minimum Gasteiger partial charge on any atom is -0.480 e. The Morgan fingerprint density at radius 3 is 2.39 bits per heavy atom. The Morgan fingerprint density at radius 2 is 1.89 bits per heavy atom. The van der Waals surface area contributed by atoms with Gasteiger partial charge in [-0.3, -0.25) is 4.79 Å². The van der Waals surface area contributed by atoms with Crippen molar-refractivity contribution in [3.05, 3.63) is 0 Å². The van der Waals surface area contributed by atoms with Crippen LogP contribution < -0.4 is 16.4 Å². The summed E-state index contributed by atoms with van der Waals surface area (Å²) >= 11 is 0. The zero-order valence-electron chi connectivity index (χ0n) is 10.0. The van der Waals surface area contributed by atoms with Gasteiger partial charge in [0.2, 0.25) is 5.91 Å². The minimum atomic E-state index is -1.20. The zero-order valence-corrected chi connectivity index (χ0v) is 10.0. The molecule has 0 aliphatic rings. The maximum absolute atomic E-state index is 11.3. The smallest absolute Gasteiger partial charge is 0.326 e. The molecule has 0 aliphatic heterocycles. The summed E-state index contributed by atoms with van der Waals surface area (Å²) in [4.78, 5) is 32.4. The van der Waals surface area contributed by atoms with Crippen molar-refractivity contribution < 1.29 is 24.6 Å². The molecule has 0 aliphatic carbocycles. The topological polar surface area (TPSA) is 142 Å². The van der Waals surface area contributed by atoms with Crippen LogP contribution in [0.1, 0.15) is 25.7 Å². The van der Waals surface area contributed by atoms with Gasteiger partial charge in [-0.1, -0.05) is 0 Å². The normalized spacial score (nSPS) is 11.6. The van der Waals surface area contributed by atoms with Crippen molar-refractivity contribution in [2.45, 2.75) is 31.7 Å². The number of amides is 3. The summed E-state index contributed by atoms with van der Waals surface area (Å²) < 4.78 is 0. The van der Waals surface area contributed by atoms with E-state index in [1.165, 1.54) is 0 Å². The van der Waals surface area contributed by atoms with Crippen molar-refractivity contribution in [1.82, 2.24) is 10.6 Å². The first-order valence-corrected chi connectivity index (χ1v) is 5.63. The molecule has 18 heavy (non-hydrogen) atoms. The van der Waals surface area contributed by atoms with E-state index < -0.39 is 23.9 Å². The maximum atomic E-state index is 11.3. The molecule has 0 saturated carbocycles. The summed E-state index contributed by atoms with van der Waals surface area (Å²) in [5, 5.41) is 22.0. The molecule has 1 unspecified atom stereocenters. The van der Waals surface area contributed by atoms with Gasteiger partial charge in [0, 0.05) is 26.0 Å². The van der Waals surface area contributed by atoms with Crippen molar-refractivity contribution in [3.63, 3.8) is 0 Å². The lowest BCUT2D eigenvalue weighted by atomic mass is 10.2. The predicted molar refractivity (Wildman–Crippen MR) is 62.7 cm³/mol. The first-order valence-electron chi connectivity index (χ1n) is 5.63. The van der Waals surface area contributed by atoms with Crippen molar-refractivity contribution in [3.8, 4) is 0 Å². The molecule has 0 aromatic heterocycles. The third-order valence-electron chi connectivity index (χ3n) is 2.16. The van der Waals surface area contributed by atoms with Gasteiger partial charge in [0.1, 0.15) is 6.04 Å². The molecule has 0 bridgehead atoms. The number of nitrogens with two attached hydrogens (primary N) is 1. The number of urea groups is 1. The van der Waals surface area contributed by atoms with Crippen molar-refractivity contribution in [2.24, 2.45) is 5.73 Å². The Balaban J connectivity index is 3.74. The summed E-state index contributed by atoms with van der Waals surface area (Å²) in [7, 11) is 0. The number of hydrogen-bond donors (Lipinski definition) is 5. The van der Waals surface area contributed by atoms with Gasteiger partial charge >= 0.3 is 12.0 Å². The number of carbonyl (C=O) groups excluding carboxylic acids is 2. The van der Waals surface area contributed by atoms with Gasteiger partial charge in [0.25, 0.3) is 0 Å². The van der Waals surface area contributed by atoms with Crippen molar-refractivity contribution >= 4 is 17.9 Å². The third kappa shape index (κ3) is 8.34. The van der Waals surface area contributed by atoms with E-state index in [4.69, 9.17) is 15.9 Å². The van der Waals surface area contributed by atoms with Gasteiger partial charge in [-0.05, 0) is 12.8 Å². The molecule has 0 spiro atoms. The molecular formula is C10H19N3O5. The van der Waals surface area contributed by atoms with Crippen LogP contribution in [-0.4, -0.2) is 47.3 Å². The summed E-state index contributed by atoms with van der Waals surface area (Å²) in [6, 6.07) is -1.73. The zero-order chi connectivity index (χ0) is 14.0. The lowest BCUT2D eigenvalue weighted by molar-refractivity contribution is -0.139. The molecule has 3 amide bonds. The van der Waals surface area contributed by atoms with Gasteiger partial charge in [0.05, 0.1) is 0 Å². The van der Waals surface area contributed by atoms with Crippen LogP contribution in [0, 0.1) is 0 Å². The molecule has 8 heteroatoms. The SMILES string of the molecule is NC(=O)CCCCNC(=O)NC(CCO)C(=O)O. The Morgan fingerprint density at radius 1 is 1.22 bits per heavy atom. The van der Waals surface area contributed by atoms with E-state index in [0.717, 1.165) is 0 Å². The number of carboxylic acids is 1. The predicted octanol–water partition coefficient (Wildman–Crippen LogP) is -1.22. The molecule has 8 nitrogen and oxygen atoms in total. The van der Waals surface area contributed by atoms with Crippen molar-refractivity contribution in [1.29, 1.82) is 0 Å². The highest BCUT2D eigenvalue weighted by Crippen LogP contribution is 1.93. The standard InChI is InChI=1S/C10H19N3O5/c11-8(15)3-1-2-5-12-10(18)13-7(4-6-14)9(16)17/h7,14H,1-6H2,(H2,11,15)(H,16,17)(H2,12,13,18). The number of nitrogens with one attached hydrogen (secondary N) is 2. The molecule has 0 radical (unpaired) electrons. The van der Waals surface area contributed by atoms with E-state index in [-0.39, 0.29) is 19.4 Å². The minimum absolute atomic E-state index is 0.0512. The van der Waals surface area contributed by atoms with Crippen LogP contribution in [0.5, 0.6) is 0 Å². The second-order valence-corrected chi connectivity index (χ2v) is 3.73. The Kier molecular flexibility index (Phi) is 8.29. The lowest BCUT2D eigenvalue weighted by Crippen LogP contribution is -2.46. The molecule has 1 atom stereocenters. The second-order valence-electron chi connectivity index (χ2n) is 3.73. The highest BCUT2D eigenvalue weighted by molar-refractivity contribution is 5.82. The van der Waals surface area contributed by atoms with Gasteiger partial charge < -0.3 is 26.6 Å². The second kappa shape index (κ2) is 9.23. The first-order chi connectivity index (χ1) is 8.47. The average Bonchev–Trinajstić information content (AvgIpc) is 2.27. The van der Waals surface area contributed by atoms with E-state index in [1.807, 2.05) is 0 Å². The average molecular weight is 261 g/mol. The van der Waals surface area contributed by atoms with Crippen LogP contribution in [0.4, 0.5) is 4.79 Å². The maximum Gasteiger partial charge on any atom is 0.326 e. The van der Waals surface area contributed by atoms with E-state index in [1.54, 1.807) is 0 Å². The van der Waals surface area contributed by atoms with Crippen LogP contribution in [-0.2, 0) is 9.59 Å². The van der Waals surface area contributed by atoms with Crippen LogP contribution >= 0.6 is 0 Å². The highest BCUT2D eigenvalue weighted by atomic mass is 16.4. The Bertz CT molecular complexity index is 295. The summed E-state index contributed by atoms with van der Waals surface area (Å²) in [5.41, 5.74) is 4.94. The number of hydrogen-bond acceptors (Lipinski definition) is 4. The molecule has 0 aromatic carbocycles. The van der Waals surface area contributed by atoms with Gasteiger partial charge in [0.15, 0.2) is 0 Å². The summed E-state index contributed by atoms with van der Waals surface area (Å²) in [6.45, 7) is 0.000432. The highest BCUT2D eigenvalue weighted by Gasteiger charge is 2.18. The quantitative estimate of drug-likeness (QED) is 0.331. The van der Waals surface area contributed by atoms with Crippen LogP contribution in [0.15, 0.2) is 0 Å². The van der Waals surface area contributed by atoms with Crippen LogP contribution in [0.3, 0.4) is 0 Å². The fraction of sp³-hybridized carbons (Fsp3) is 0.700. The molecular weight excluding hydrogens is 242 g/mol. The van der Waals surface area contributed by atoms with Gasteiger partial charge in [-0.2, -0.15) is 0 Å². The molecule has 0 saturated heterocycles. The molecule has 0 fully saturated rings. The van der Waals surface area contributed by atoms with Crippen LogP contribution in [0.25, 0.3) is 0 Å². The van der Waals surface area contributed by atoms with Crippen LogP contribution in [0.2, 0.25) is 0 Å². The fourth-order valence-electron chi connectivity index (χ4n) is 1.22. The van der Waals surface area contributed by atoms with E-state index in [0.29, 0.717) is 19.4 Å². The Labute approximate surface area is 105 Å². The molecule has 0 heterocycles. The first kappa shape index (κ1) is 16.2. The third-order valence-corrected chi connectivity index (χ3v) is 2.16. The monoisotopic (exact) mass is 261 g/mol. The van der Waals surface area contributed by atoms with Gasteiger partial charge in [-0.25, -0.2) is 9.59 Å². The molecule has 6 N–H and O–H groups in total.